The molecule has 0 spiro atoms. The van der Waals surface area contributed by atoms with Gasteiger partial charge >= 0.3 is 0 Å². The number of carbonyl (C=O) groups is 1. The Morgan fingerprint density at radius 3 is 2.52 bits per heavy atom. The molecule has 0 unspecified atom stereocenters. The summed E-state index contributed by atoms with van der Waals surface area (Å²) in [5.41, 5.74) is 2.23. The minimum absolute atomic E-state index is 0.0336. The van der Waals surface area contributed by atoms with E-state index in [0.29, 0.717) is 19.5 Å². The number of pyridine rings is 1. The van der Waals surface area contributed by atoms with E-state index in [-0.39, 0.29) is 11.5 Å². The van der Waals surface area contributed by atoms with Gasteiger partial charge < -0.3 is 9.47 Å². The summed E-state index contributed by atoms with van der Waals surface area (Å²) in [4.78, 5) is 25.4. The zero-order chi connectivity index (χ0) is 15.2. The van der Waals surface area contributed by atoms with Crippen LogP contribution in [0.2, 0.25) is 0 Å². The number of hydrogen-bond donors (Lipinski definition) is 0. The van der Waals surface area contributed by atoms with Crippen LogP contribution in [0.3, 0.4) is 0 Å². The Hall–Kier alpha value is -2.36. The van der Waals surface area contributed by atoms with Crippen molar-refractivity contribution in [2.24, 2.45) is 0 Å². The van der Waals surface area contributed by atoms with E-state index in [1.165, 1.54) is 11.6 Å². The molecule has 0 radical (unpaired) electrons. The Morgan fingerprint density at radius 1 is 1.14 bits per heavy atom. The van der Waals surface area contributed by atoms with E-state index in [0.717, 1.165) is 5.56 Å². The molecule has 2 aromatic rings. The van der Waals surface area contributed by atoms with Crippen molar-refractivity contribution in [2.75, 3.05) is 7.05 Å². The fourth-order valence-corrected chi connectivity index (χ4v) is 2.11. The molecule has 0 aliphatic carbocycles. The Labute approximate surface area is 124 Å². The first-order chi connectivity index (χ1) is 10.1. The number of nitrogens with zero attached hydrogens (tertiary/aromatic N) is 2. The van der Waals surface area contributed by atoms with Crippen LogP contribution in [0, 0.1) is 6.92 Å². The van der Waals surface area contributed by atoms with E-state index in [4.69, 9.17) is 0 Å². The Morgan fingerprint density at radius 2 is 1.86 bits per heavy atom. The van der Waals surface area contributed by atoms with Crippen LogP contribution in [0.25, 0.3) is 0 Å². The molecule has 0 saturated heterocycles. The first kappa shape index (κ1) is 15.0. The Kier molecular flexibility index (Phi) is 4.93. The zero-order valence-corrected chi connectivity index (χ0v) is 12.5. The van der Waals surface area contributed by atoms with E-state index < -0.39 is 0 Å². The van der Waals surface area contributed by atoms with E-state index in [2.05, 4.69) is 0 Å². The quantitative estimate of drug-likeness (QED) is 0.844. The number of hydrogen-bond acceptors (Lipinski definition) is 2. The van der Waals surface area contributed by atoms with Gasteiger partial charge in [-0.2, -0.15) is 0 Å². The standard InChI is InChI=1S/C17H20N2O2/c1-14-6-8-15(9-7-14)13-18(2)16(20)10-12-19-11-4-3-5-17(19)21/h3-9,11H,10,12-13H2,1-2H3. The summed E-state index contributed by atoms with van der Waals surface area (Å²) in [6.45, 7) is 3.04. The molecule has 1 heterocycles. The van der Waals surface area contributed by atoms with Crippen molar-refractivity contribution in [3.8, 4) is 0 Å². The fourth-order valence-electron chi connectivity index (χ4n) is 2.11. The third-order valence-corrected chi connectivity index (χ3v) is 3.43. The average Bonchev–Trinajstić information content (AvgIpc) is 2.48. The van der Waals surface area contributed by atoms with Crippen molar-refractivity contribution in [2.45, 2.75) is 26.4 Å². The van der Waals surface area contributed by atoms with Crippen molar-refractivity contribution >= 4 is 5.91 Å². The van der Waals surface area contributed by atoms with Gasteiger partial charge in [-0.25, -0.2) is 0 Å². The second kappa shape index (κ2) is 6.88. The number of amides is 1. The Bertz CT molecular complexity index is 659. The molecule has 0 atom stereocenters. The van der Waals surface area contributed by atoms with E-state index in [1.54, 1.807) is 34.8 Å². The van der Waals surface area contributed by atoms with Crippen LogP contribution in [0.4, 0.5) is 0 Å². The van der Waals surface area contributed by atoms with Crippen molar-refractivity contribution in [3.63, 3.8) is 0 Å². The van der Waals surface area contributed by atoms with E-state index >= 15 is 0 Å². The van der Waals surface area contributed by atoms with Gasteiger partial charge in [-0.3, -0.25) is 9.59 Å². The molecule has 4 heteroatoms. The highest BCUT2D eigenvalue weighted by Crippen LogP contribution is 2.07. The van der Waals surface area contributed by atoms with Crippen LogP contribution >= 0.6 is 0 Å². The van der Waals surface area contributed by atoms with Crippen LogP contribution in [-0.4, -0.2) is 22.4 Å². The summed E-state index contributed by atoms with van der Waals surface area (Å²) >= 11 is 0. The molecule has 0 fully saturated rings. The molecule has 0 aliphatic heterocycles. The number of aryl methyl sites for hydroxylation is 2. The van der Waals surface area contributed by atoms with Gasteiger partial charge in [0.15, 0.2) is 0 Å². The van der Waals surface area contributed by atoms with Gasteiger partial charge in [-0.15, -0.1) is 0 Å². The zero-order valence-electron chi connectivity index (χ0n) is 12.5. The highest BCUT2D eigenvalue weighted by molar-refractivity contribution is 5.75. The average molecular weight is 284 g/mol. The Balaban J connectivity index is 1.89. The lowest BCUT2D eigenvalue weighted by atomic mass is 10.1. The summed E-state index contributed by atoms with van der Waals surface area (Å²) in [5.74, 6) is 0.0336. The van der Waals surface area contributed by atoms with Gasteiger partial charge in [-0.05, 0) is 18.6 Å². The molecule has 0 saturated carbocycles. The maximum Gasteiger partial charge on any atom is 0.250 e. The van der Waals surface area contributed by atoms with Crippen LogP contribution in [0.1, 0.15) is 17.5 Å². The van der Waals surface area contributed by atoms with Crippen molar-refractivity contribution in [1.82, 2.24) is 9.47 Å². The summed E-state index contributed by atoms with van der Waals surface area (Å²) in [7, 11) is 1.79. The molecule has 1 aromatic carbocycles. The van der Waals surface area contributed by atoms with E-state index in [9.17, 15) is 9.59 Å². The lowest BCUT2D eigenvalue weighted by molar-refractivity contribution is -0.130. The maximum atomic E-state index is 12.1. The molecule has 1 aromatic heterocycles. The van der Waals surface area contributed by atoms with Crippen LogP contribution < -0.4 is 5.56 Å². The molecule has 0 N–H and O–H groups in total. The van der Waals surface area contributed by atoms with Crippen LogP contribution in [0.15, 0.2) is 53.5 Å². The van der Waals surface area contributed by atoms with Crippen molar-refractivity contribution in [1.29, 1.82) is 0 Å². The summed E-state index contributed by atoms with van der Waals surface area (Å²) in [6, 6.07) is 13.1. The highest BCUT2D eigenvalue weighted by Gasteiger charge is 2.09. The molecule has 0 aliphatic rings. The topological polar surface area (TPSA) is 42.3 Å². The highest BCUT2D eigenvalue weighted by atomic mass is 16.2. The minimum Gasteiger partial charge on any atom is -0.341 e. The molecular weight excluding hydrogens is 264 g/mol. The maximum absolute atomic E-state index is 12.1. The normalized spacial score (nSPS) is 10.4. The monoisotopic (exact) mass is 284 g/mol. The number of benzene rings is 1. The summed E-state index contributed by atoms with van der Waals surface area (Å²) in [5, 5.41) is 0. The smallest absolute Gasteiger partial charge is 0.250 e. The van der Waals surface area contributed by atoms with Crippen LogP contribution in [0.5, 0.6) is 0 Å². The minimum atomic E-state index is -0.0773. The lowest BCUT2D eigenvalue weighted by Crippen LogP contribution is -2.28. The summed E-state index contributed by atoms with van der Waals surface area (Å²) < 4.78 is 1.55. The van der Waals surface area contributed by atoms with Gasteiger partial charge in [0.25, 0.3) is 5.56 Å². The molecule has 2 rings (SSSR count). The molecular formula is C17H20N2O2. The van der Waals surface area contributed by atoms with Gasteiger partial charge in [0.1, 0.15) is 0 Å². The molecule has 4 nitrogen and oxygen atoms in total. The fraction of sp³-hybridized carbons (Fsp3) is 0.294. The lowest BCUT2D eigenvalue weighted by Gasteiger charge is -2.17. The predicted octanol–water partition coefficient (Wildman–Crippen LogP) is 2.21. The summed E-state index contributed by atoms with van der Waals surface area (Å²) in [6.07, 6.45) is 2.03. The van der Waals surface area contributed by atoms with E-state index in [1.807, 2.05) is 31.2 Å². The first-order valence-corrected chi connectivity index (χ1v) is 7.01. The third kappa shape index (κ3) is 4.31. The third-order valence-electron chi connectivity index (χ3n) is 3.43. The van der Waals surface area contributed by atoms with Crippen LogP contribution in [-0.2, 0) is 17.9 Å². The number of carbonyl (C=O) groups excluding carboxylic acids is 1. The van der Waals surface area contributed by atoms with Crippen molar-refractivity contribution < 1.29 is 4.79 Å². The molecule has 110 valence electrons. The van der Waals surface area contributed by atoms with Crippen molar-refractivity contribution in [3.05, 3.63) is 70.1 Å². The second-order valence-corrected chi connectivity index (χ2v) is 5.22. The second-order valence-electron chi connectivity index (χ2n) is 5.22. The molecule has 1 amide bonds. The van der Waals surface area contributed by atoms with Gasteiger partial charge in [0, 0.05) is 38.8 Å². The largest absolute Gasteiger partial charge is 0.341 e. The number of aromatic nitrogens is 1. The van der Waals surface area contributed by atoms with Gasteiger partial charge in [0.2, 0.25) is 5.91 Å². The predicted molar refractivity (Wildman–Crippen MR) is 83.0 cm³/mol. The van der Waals surface area contributed by atoms with Gasteiger partial charge in [-0.1, -0.05) is 35.9 Å². The molecule has 21 heavy (non-hydrogen) atoms. The SMILES string of the molecule is Cc1ccc(CN(C)C(=O)CCn2ccccc2=O)cc1. The first-order valence-electron chi connectivity index (χ1n) is 7.01. The number of rotatable bonds is 5. The molecule has 0 bridgehead atoms. The van der Waals surface area contributed by atoms with Gasteiger partial charge in [0.05, 0.1) is 0 Å².